The molecular formula is C7H6N2O3. The summed E-state index contributed by atoms with van der Waals surface area (Å²) in [5.74, 6) is -0.458. The van der Waals surface area contributed by atoms with Crippen LogP contribution in [0.3, 0.4) is 0 Å². The van der Waals surface area contributed by atoms with Gasteiger partial charge in [-0.25, -0.2) is 0 Å². The second kappa shape index (κ2) is 3.47. The molecule has 0 fully saturated rings. The SMILES string of the molecule is N=C(O[N+](=O)[O-])c1ccccc1. The Kier molecular flexibility index (Phi) is 2.37. The van der Waals surface area contributed by atoms with Gasteiger partial charge in [-0.1, -0.05) is 30.3 Å². The molecule has 0 bridgehead atoms. The lowest BCUT2D eigenvalue weighted by Crippen LogP contribution is -2.10. The molecule has 0 aliphatic carbocycles. The van der Waals surface area contributed by atoms with Crippen molar-refractivity contribution in [2.24, 2.45) is 0 Å². The normalized spacial score (nSPS) is 9.00. The first-order chi connectivity index (χ1) is 5.70. The van der Waals surface area contributed by atoms with Crippen molar-refractivity contribution in [1.29, 1.82) is 5.41 Å². The van der Waals surface area contributed by atoms with Crippen LogP contribution >= 0.6 is 0 Å². The minimum Gasteiger partial charge on any atom is -0.279 e. The predicted molar refractivity (Wildman–Crippen MR) is 41.4 cm³/mol. The minimum atomic E-state index is -1.00. The second-order valence-corrected chi connectivity index (χ2v) is 2.01. The van der Waals surface area contributed by atoms with Gasteiger partial charge in [0.05, 0.1) is 0 Å². The molecular weight excluding hydrogens is 160 g/mol. The van der Waals surface area contributed by atoms with Crippen molar-refractivity contribution in [2.45, 2.75) is 0 Å². The average Bonchev–Trinajstić information content (AvgIpc) is 2.05. The smallest absolute Gasteiger partial charge is 0.279 e. The van der Waals surface area contributed by atoms with Gasteiger partial charge in [0.2, 0.25) is 5.90 Å². The van der Waals surface area contributed by atoms with Crippen LogP contribution in [0, 0.1) is 15.5 Å². The van der Waals surface area contributed by atoms with Crippen LogP contribution in [0.5, 0.6) is 0 Å². The summed E-state index contributed by atoms with van der Waals surface area (Å²) in [5, 5.41) is 15.9. The van der Waals surface area contributed by atoms with Gasteiger partial charge >= 0.3 is 5.09 Å². The zero-order chi connectivity index (χ0) is 8.97. The van der Waals surface area contributed by atoms with Crippen LogP contribution in [-0.4, -0.2) is 11.0 Å². The molecule has 0 heterocycles. The maximum absolute atomic E-state index is 9.83. The Morgan fingerprint density at radius 3 is 2.50 bits per heavy atom. The molecule has 1 N–H and O–H groups in total. The fraction of sp³-hybridized carbons (Fsp3) is 0. The highest BCUT2D eigenvalue weighted by molar-refractivity contribution is 5.90. The first-order valence-electron chi connectivity index (χ1n) is 3.16. The fourth-order valence-electron chi connectivity index (χ4n) is 0.717. The molecule has 0 atom stereocenters. The van der Waals surface area contributed by atoms with Crippen LogP contribution in [0.15, 0.2) is 30.3 Å². The topological polar surface area (TPSA) is 76.2 Å². The van der Waals surface area contributed by atoms with Gasteiger partial charge in [-0.2, -0.15) is 0 Å². The third-order valence-electron chi connectivity index (χ3n) is 1.20. The zero-order valence-electron chi connectivity index (χ0n) is 6.06. The lowest BCUT2D eigenvalue weighted by molar-refractivity contribution is -0.723. The maximum atomic E-state index is 9.83. The van der Waals surface area contributed by atoms with Gasteiger partial charge in [-0.15, -0.1) is 10.1 Å². The number of hydrogen-bond donors (Lipinski definition) is 1. The molecule has 0 unspecified atom stereocenters. The van der Waals surface area contributed by atoms with E-state index >= 15 is 0 Å². The van der Waals surface area contributed by atoms with Gasteiger partial charge in [0.15, 0.2) is 0 Å². The molecule has 1 rings (SSSR count). The summed E-state index contributed by atoms with van der Waals surface area (Å²) >= 11 is 0. The lowest BCUT2D eigenvalue weighted by Gasteiger charge is -1.98. The first-order valence-corrected chi connectivity index (χ1v) is 3.16. The highest BCUT2D eigenvalue weighted by Crippen LogP contribution is 2.00. The Balaban J connectivity index is 2.73. The molecule has 62 valence electrons. The van der Waals surface area contributed by atoms with E-state index in [0.717, 1.165) is 0 Å². The first kappa shape index (κ1) is 8.19. The van der Waals surface area contributed by atoms with Crippen molar-refractivity contribution >= 4 is 5.90 Å². The van der Waals surface area contributed by atoms with Crippen LogP contribution in [0.4, 0.5) is 0 Å². The van der Waals surface area contributed by atoms with Crippen LogP contribution in [0.25, 0.3) is 0 Å². The van der Waals surface area contributed by atoms with Gasteiger partial charge in [0, 0.05) is 5.56 Å². The molecule has 0 aromatic heterocycles. The number of hydrogen-bond acceptors (Lipinski definition) is 4. The molecule has 0 amide bonds. The van der Waals surface area contributed by atoms with Crippen molar-refractivity contribution in [3.05, 3.63) is 46.0 Å². The van der Waals surface area contributed by atoms with Crippen molar-refractivity contribution in [1.82, 2.24) is 0 Å². The van der Waals surface area contributed by atoms with Gasteiger partial charge in [0.1, 0.15) is 0 Å². The average molecular weight is 166 g/mol. The Bertz CT molecular complexity index is 297. The largest absolute Gasteiger partial charge is 0.301 e. The monoisotopic (exact) mass is 166 g/mol. The van der Waals surface area contributed by atoms with E-state index in [1.807, 2.05) is 0 Å². The summed E-state index contributed by atoms with van der Waals surface area (Å²) in [6.45, 7) is 0. The molecule has 0 radical (unpaired) electrons. The highest BCUT2D eigenvalue weighted by atomic mass is 17.0. The molecule has 0 saturated carbocycles. The van der Waals surface area contributed by atoms with Gasteiger partial charge in [0.25, 0.3) is 0 Å². The number of benzene rings is 1. The molecule has 0 spiro atoms. The lowest BCUT2D eigenvalue weighted by atomic mass is 10.2. The Morgan fingerprint density at radius 2 is 2.00 bits per heavy atom. The molecule has 5 nitrogen and oxygen atoms in total. The number of nitrogens with one attached hydrogen (secondary N) is 1. The molecule has 1 aromatic rings. The van der Waals surface area contributed by atoms with E-state index in [-0.39, 0.29) is 0 Å². The molecule has 0 aliphatic rings. The van der Waals surface area contributed by atoms with Crippen LogP contribution in [0.2, 0.25) is 0 Å². The van der Waals surface area contributed by atoms with E-state index in [9.17, 15) is 10.1 Å². The minimum absolute atomic E-state index is 0.384. The van der Waals surface area contributed by atoms with Crippen LogP contribution < -0.4 is 0 Å². The van der Waals surface area contributed by atoms with Crippen molar-refractivity contribution in [3.63, 3.8) is 0 Å². The van der Waals surface area contributed by atoms with Crippen LogP contribution in [0.1, 0.15) is 5.56 Å². The molecule has 12 heavy (non-hydrogen) atoms. The van der Waals surface area contributed by atoms with Gasteiger partial charge < -0.3 is 0 Å². The summed E-state index contributed by atoms with van der Waals surface area (Å²) in [6, 6.07) is 8.22. The summed E-state index contributed by atoms with van der Waals surface area (Å²) in [6.07, 6.45) is 0. The number of rotatable bonds is 2. The van der Waals surface area contributed by atoms with Gasteiger partial charge in [-0.05, 0) is 0 Å². The molecule has 5 heteroatoms. The summed E-state index contributed by atoms with van der Waals surface area (Å²) in [7, 11) is 0. The van der Waals surface area contributed by atoms with Crippen molar-refractivity contribution in [2.75, 3.05) is 0 Å². The van der Waals surface area contributed by atoms with Crippen LogP contribution in [-0.2, 0) is 4.84 Å². The molecule has 0 aliphatic heterocycles. The maximum Gasteiger partial charge on any atom is 0.301 e. The Labute approximate surface area is 68.2 Å². The molecule has 1 aromatic carbocycles. The Morgan fingerprint density at radius 1 is 1.42 bits per heavy atom. The highest BCUT2D eigenvalue weighted by Gasteiger charge is 2.04. The summed E-state index contributed by atoms with van der Waals surface area (Å²) in [4.78, 5) is 13.8. The van der Waals surface area contributed by atoms with Crippen molar-refractivity contribution < 1.29 is 9.92 Å². The van der Waals surface area contributed by atoms with E-state index in [1.165, 1.54) is 0 Å². The fourth-order valence-corrected chi connectivity index (χ4v) is 0.717. The third-order valence-corrected chi connectivity index (χ3v) is 1.20. The van der Waals surface area contributed by atoms with E-state index < -0.39 is 11.0 Å². The Hall–Kier alpha value is -1.91. The summed E-state index contributed by atoms with van der Waals surface area (Å²) < 4.78 is 0. The van der Waals surface area contributed by atoms with E-state index in [0.29, 0.717) is 5.56 Å². The summed E-state index contributed by atoms with van der Waals surface area (Å²) in [5.41, 5.74) is 0.384. The third kappa shape index (κ3) is 2.05. The van der Waals surface area contributed by atoms with Gasteiger partial charge in [-0.3, -0.25) is 10.2 Å². The predicted octanol–water partition coefficient (Wildman–Crippen LogP) is 1.22. The number of nitrogens with zero attached hydrogens (tertiary/aromatic N) is 1. The van der Waals surface area contributed by atoms with E-state index in [4.69, 9.17) is 5.41 Å². The zero-order valence-corrected chi connectivity index (χ0v) is 6.06. The quantitative estimate of drug-likeness (QED) is 0.310. The van der Waals surface area contributed by atoms with Crippen molar-refractivity contribution in [3.8, 4) is 0 Å². The second-order valence-electron chi connectivity index (χ2n) is 2.01. The molecule has 0 saturated heterocycles. The van der Waals surface area contributed by atoms with E-state index in [2.05, 4.69) is 4.84 Å². The van der Waals surface area contributed by atoms with E-state index in [1.54, 1.807) is 30.3 Å². The standard InChI is InChI=1S/C7H6N2O3/c8-7(12-9(10)11)6-4-2-1-3-5-6/h1-5,8H.